The van der Waals surface area contributed by atoms with Crippen LogP contribution in [-0.4, -0.2) is 31.2 Å². The molecule has 2 amide bonds. The Morgan fingerprint density at radius 3 is 2.35 bits per heavy atom. The van der Waals surface area contributed by atoms with Crippen molar-refractivity contribution in [1.29, 1.82) is 0 Å². The highest BCUT2D eigenvalue weighted by atomic mass is 16.6. The van der Waals surface area contributed by atoms with Crippen molar-refractivity contribution in [2.24, 2.45) is 0 Å². The lowest BCUT2D eigenvalue weighted by Crippen LogP contribution is -2.33. The minimum Gasteiger partial charge on any atom is -0.444 e. The first-order valence-electron chi connectivity index (χ1n) is 5.57. The van der Waals surface area contributed by atoms with Crippen molar-refractivity contribution in [1.82, 2.24) is 10.6 Å². The van der Waals surface area contributed by atoms with Crippen LogP contribution in [0.3, 0.4) is 0 Å². The van der Waals surface area contributed by atoms with Crippen LogP contribution in [0.1, 0.15) is 34.1 Å². The number of amides is 2. The van der Waals surface area contributed by atoms with Crippen LogP contribution in [0.25, 0.3) is 0 Å². The van der Waals surface area contributed by atoms with Gasteiger partial charge in [-0.05, 0) is 27.7 Å². The monoisotopic (exact) mass is 242 g/mol. The van der Waals surface area contributed by atoms with Crippen LogP contribution in [-0.2, 0) is 9.53 Å². The molecule has 0 aromatic carbocycles. The second-order valence-electron chi connectivity index (χ2n) is 4.78. The van der Waals surface area contributed by atoms with Crippen molar-refractivity contribution in [3.63, 3.8) is 0 Å². The van der Waals surface area contributed by atoms with Gasteiger partial charge in [0.25, 0.3) is 0 Å². The van der Waals surface area contributed by atoms with E-state index in [1.54, 1.807) is 33.9 Å². The molecule has 0 atom stereocenters. The highest BCUT2D eigenvalue weighted by Crippen LogP contribution is 2.06. The fourth-order valence-corrected chi connectivity index (χ4v) is 0.967. The van der Waals surface area contributed by atoms with Gasteiger partial charge in [0.15, 0.2) is 0 Å². The Labute approximate surface area is 103 Å². The Balaban J connectivity index is 3.95. The van der Waals surface area contributed by atoms with Gasteiger partial charge >= 0.3 is 6.09 Å². The summed E-state index contributed by atoms with van der Waals surface area (Å²) in [4.78, 5) is 22.3. The van der Waals surface area contributed by atoms with Crippen molar-refractivity contribution < 1.29 is 14.3 Å². The third-order valence-electron chi connectivity index (χ3n) is 1.83. The summed E-state index contributed by atoms with van der Waals surface area (Å²) in [7, 11) is 1.59. The van der Waals surface area contributed by atoms with E-state index in [1.807, 2.05) is 6.92 Å². The van der Waals surface area contributed by atoms with Crippen LogP contribution in [0.15, 0.2) is 11.6 Å². The summed E-state index contributed by atoms with van der Waals surface area (Å²) < 4.78 is 5.08. The van der Waals surface area contributed by atoms with Crippen molar-refractivity contribution in [2.75, 3.05) is 13.6 Å². The molecule has 0 unspecified atom stereocenters. The summed E-state index contributed by atoms with van der Waals surface area (Å²) in [5.41, 5.74) is 0.420. The van der Waals surface area contributed by atoms with Gasteiger partial charge in [-0.3, -0.25) is 4.79 Å². The molecule has 0 fully saturated rings. The molecule has 5 nitrogen and oxygen atoms in total. The largest absolute Gasteiger partial charge is 0.444 e. The zero-order valence-corrected chi connectivity index (χ0v) is 11.2. The standard InChI is InChI=1S/C12H22N2O3/c1-9(6-7-10(15)13-5)8-14-11(16)17-12(2,3)4/h6H,7-8H2,1-5H3,(H,13,15)(H,14,16)/b9-6+. The van der Waals surface area contributed by atoms with E-state index in [9.17, 15) is 9.59 Å². The molecule has 17 heavy (non-hydrogen) atoms. The van der Waals surface area contributed by atoms with Crippen molar-refractivity contribution in [3.05, 3.63) is 11.6 Å². The lowest BCUT2D eigenvalue weighted by Gasteiger charge is -2.19. The zero-order valence-electron chi connectivity index (χ0n) is 11.2. The van der Waals surface area contributed by atoms with Gasteiger partial charge in [-0.1, -0.05) is 11.6 Å². The fourth-order valence-electron chi connectivity index (χ4n) is 0.967. The number of alkyl carbamates (subject to hydrolysis) is 1. The summed E-state index contributed by atoms with van der Waals surface area (Å²) in [5, 5.41) is 5.14. The van der Waals surface area contributed by atoms with Gasteiger partial charge in [-0.25, -0.2) is 4.79 Å². The predicted octanol–water partition coefficient (Wildman–Crippen LogP) is 1.59. The van der Waals surface area contributed by atoms with E-state index in [2.05, 4.69) is 10.6 Å². The quantitative estimate of drug-likeness (QED) is 0.736. The van der Waals surface area contributed by atoms with Gasteiger partial charge < -0.3 is 15.4 Å². The van der Waals surface area contributed by atoms with E-state index in [4.69, 9.17) is 4.74 Å². The number of nitrogens with one attached hydrogen (secondary N) is 2. The minimum atomic E-state index is -0.496. The lowest BCUT2D eigenvalue weighted by molar-refractivity contribution is -0.119. The third kappa shape index (κ3) is 9.41. The predicted molar refractivity (Wildman–Crippen MR) is 66.7 cm³/mol. The van der Waals surface area contributed by atoms with E-state index in [0.717, 1.165) is 5.57 Å². The molecule has 2 N–H and O–H groups in total. The number of hydrogen-bond donors (Lipinski definition) is 2. The summed E-state index contributed by atoms with van der Waals surface area (Å²) in [5.74, 6) is -0.0541. The Kier molecular flexibility index (Phi) is 6.31. The van der Waals surface area contributed by atoms with E-state index >= 15 is 0 Å². The number of carbonyl (C=O) groups excluding carboxylic acids is 2. The normalized spacial score (nSPS) is 11.9. The molecule has 98 valence electrons. The Bertz CT molecular complexity index is 303. The van der Waals surface area contributed by atoms with Crippen LogP contribution in [0.2, 0.25) is 0 Å². The van der Waals surface area contributed by atoms with Gasteiger partial charge in [-0.2, -0.15) is 0 Å². The van der Waals surface area contributed by atoms with E-state index in [-0.39, 0.29) is 5.91 Å². The molecule has 0 aliphatic carbocycles. The summed E-state index contributed by atoms with van der Waals surface area (Å²) >= 11 is 0. The number of carbonyl (C=O) groups is 2. The average Bonchev–Trinajstić information content (AvgIpc) is 2.20. The molecule has 0 aliphatic heterocycles. The van der Waals surface area contributed by atoms with Gasteiger partial charge in [-0.15, -0.1) is 0 Å². The van der Waals surface area contributed by atoms with Gasteiger partial charge in [0.2, 0.25) is 5.91 Å². The second kappa shape index (κ2) is 6.93. The maximum absolute atomic E-state index is 11.3. The molecule has 0 aromatic rings. The summed E-state index contributed by atoms with van der Waals surface area (Å²) in [6.07, 6.45) is 1.64. The molecular weight excluding hydrogens is 220 g/mol. The average molecular weight is 242 g/mol. The number of ether oxygens (including phenoxy) is 1. The molecule has 0 aromatic heterocycles. The molecule has 0 rings (SSSR count). The van der Waals surface area contributed by atoms with Crippen LogP contribution in [0, 0.1) is 0 Å². The SMILES string of the molecule is CNC(=O)C/C=C(\C)CNC(=O)OC(C)(C)C. The van der Waals surface area contributed by atoms with Gasteiger partial charge in [0.05, 0.1) is 0 Å². The van der Waals surface area contributed by atoms with Crippen molar-refractivity contribution >= 4 is 12.0 Å². The highest BCUT2D eigenvalue weighted by molar-refractivity contribution is 5.77. The molecule has 0 radical (unpaired) electrons. The van der Waals surface area contributed by atoms with E-state index in [1.165, 1.54) is 0 Å². The van der Waals surface area contributed by atoms with Gasteiger partial charge in [0, 0.05) is 20.0 Å². The number of rotatable bonds is 4. The zero-order chi connectivity index (χ0) is 13.5. The Hall–Kier alpha value is -1.52. The Morgan fingerprint density at radius 1 is 1.29 bits per heavy atom. The smallest absolute Gasteiger partial charge is 0.407 e. The fraction of sp³-hybridized carbons (Fsp3) is 0.667. The molecule has 0 aliphatic rings. The molecule has 0 saturated heterocycles. The highest BCUT2D eigenvalue weighted by Gasteiger charge is 2.15. The molecule has 0 saturated carbocycles. The lowest BCUT2D eigenvalue weighted by atomic mass is 10.2. The Morgan fingerprint density at radius 2 is 1.88 bits per heavy atom. The van der Waals surface area contributed by atoms with Crippen molar-refractivity contribution in [2.45, 2.75) is 39.7 Å². The molecule has 0 heterocycles. The third-order valence-corrected chi connectivity index (χ3v) is 1.83. The summed E-state index contributed by atoms with van der Waals surface area (Å²) in [6, 6.07) is 0. The topological polar surface area (TPSA) is 67.4 Å². The first-order valence-corrected chi connectivity index (χ1v) is 5.57. The van der Waals surface area contributed by atoms with Crippen molar-refractivity contribution in [3.8, 4) is 0 Å². The van der Waals surface area contributed by atoms with Crippen LogP contribution >= 0.6 is 0 Å². The maximum atomic E-state index is 11.3. The maximum Gasteiger partial charge on any atom is 0.407 e. The molecule has 5 heteroatoms. The van der Waals surface area contributed by atoms with E-state index < -0.39 is 11.7 Å². The van der Waals surface area contributed by atoms with Crippen LogP contribution in [0.5, 0.6) is 0 Å². The van der Waals surface area contributed by atoms with Crippen LogP contribution in [0.4, 0.5) is 4.79 Å². The first-order chi connectivity index (χ1) is 7.74. The second-order valence-corrected chi connectivity index (χ2v) is 4.78. The molecular formula is C12H22N2O3. The van der Waals surface area contributed by atoms with Crippen LogP contribution < -0.4 is 10.6 Å². The minimum absolute atomic E-state index is 0.0541. The summed E-state index contributed by atoms with van der Waals surface area (Å²) in [6.45, 7) is 7.65. The number of hydrogen-bond acceptors (Lipinski definition) is 3. The molecule has 0 spiro atoms. The molecule has 0 bridgehead atoms. The first kappa shape index (κ1) is 15.5. The van der Waals surface area contributed by atoms with E-state index in [0.29, 0.717) is 13.0 Å². The van der Waals surface area contributed by atoms with Gasteiger partial charge in [0.1, 0.15) is 5.60 Å².